The largest absolute Gasteiger partial charge is 0.376 e. The van der Waals surface area contributed by atoms with Crippen LogP contribution in [0.15, 0.2) is 70.3 Å². The lowest BCUT2D eigenvalue weighted by Gasteiger charge is -2.17. The second kappa shape index (κ2) is 9.35. The van der Waals surface area contributed by atoms with Crippen LogP contribution in [0.25, 0.3) is 22.5 Å². The standard InChI is InChI=1S/C26H27N3O2S/c1-18-23(19(2)31-28-18)17-32-26-27-24(20-10-5-3-6-11-20)25(21-12-7-4-8-13-21)29(26)16-22-14-9-15-30-22/h3-8,10-13,22H,9,14-17H2,1-2H3. The molecule has 0 amide bonds. The highest BCUT2D eigenvalue weighted by molar-refractivity contribution is 7.98. The van der Waals surface area contributed by atoms with Crippen molar-refractivity contribution in [2.45, 2.75) is 50.2 Å². The van der Waals surface area contributed by atoms with Gasteiger partial charge in [-0.3, -0.25) is 0 Å². The summed E-state index contributed by atoms with van der Waals surface area (Å²) in [6.45, 7) is 5.61. The maximum absolute atomic E-state index is 6.02. The van der Waals surface area contributed by atoms with Gasteiger partial charge in [0.1, 0.15) is 5.76 Å². The van der Waals surface area contributed by atoms with Crippen molar-refractivity contribution >= 4 is 11.8 Å². The van der Waals surface area contributed by atoms with E-state index in [9.17, 15) is 0 Å². The summed E-state index contributed by atoms with van der Waals surface area (Å²) in [7, 11) is 0. The minimum atomic E-state index is 0.216. The highest BCUT2D eigenvalue weighted by Crippen LogP contribution is 2.38. The van der Waals surface area contributed by atoms with E-state index in [2.05, 4.69) is 64.3 Å². The van der Waals surface area contributed by atoms with Gasteiger partial charge in [-0.1, -0.05) is 77.6 Å². The molecule has 5 nitrogen and oxygen atoms in total. The maximum atomic E-state index is 6.02. The van der Waals surface area contributed by atoms with E-state index < -0.39 is 0 Å². The molecule has 6 heteroatoms. The zero-order valence-electron chi connectivity index (χ0n) is 18.5. The van der Waals surface area contributed by atoms with Crippen molar-refractivity contribution in [2.24, 2.45) is 0 Å². The zero-order valence-corrected chi connectivity index (χ0v) is 19.3. The van der Waals surface area contributed by atoms with Crippen LogP contribution in [0.1, 0.15) is 29.9 Å². The summed E-state index contributed by atoms with van der Waals surface area (Å²) in [4.78, 5) is 5.18. The molecule has 1 aliphatic heterocycles. The number of benzene rings is 2. The smallest absolute Gasteiger partial charge is 0.169 e. The molecule has 5 rings (SSSR count). The molecule has 0 bridgehead atoms. The van der Waals surface area contributed by atoms with Crippen LogP contribution in [0, 0.1) is 13.8 Å². The van der Waals surface area contributed by atoms with Crippen molar-refractivity contribution < 1.29 is 9.26 Å². The predicted octanol–water partition coefficient (Wildman–Crippen LogP) is 6.29. The third-order valence-corrected chi connectivity index (χ3v) is 6.97. The molecule has 0 radical (unpaired) electrons. The van der Waals surface area contributed by atoms with E-state index in [0.29, 0.717) is 0 Å². The monoisotopic (exact) mass is 445 g/mol. The number of nitrogens with zero attached hydrogens (tertiary/aromatic N) is 3. The summed E-state index contributed by atoms with van der Waals surface area (Å²) in [5, 5.41) is 5.11. The Kier molecular flexibility index (Phi) is 6.14. The van der Waals surface area contributed by atoms with E-state index in [0.717, 1.165) is 70.9 Å². The third kappa shape index (κ3) is 4.25. The fraction of sp³-hybridized carbons (Fsp3) is 0.308. The van der Waals surface area contributed by atoms with E-state index in [1.54, 1.807) is 11.8 Å². The fourth-order valence-corrected chi connectivity index (χ4v) is 5.40. The average molecular weight is 446 g/mol. The summed E-state index contributed by atoms with van der Waals surface area (Å²) in [5.41, 5.74) is 6.53. The zero-order chi connectivity index (χ0) is 21.9. The molecule has 0 spiro atoms. The van der Waals surface area contributed by atoms with Crippen LogP contribution < -0.4 is 0 Å². The molecule has 3 heterocycles. The van der Waals surface area contributed by atoms with Gasteiger partial charge in [-0.25, -0.2) is 4.98 Å². The molecule has 2 aromatic carbocycles. The molecular weight excluding hydrogens is 418 g/mol. The average Bonchev–Trinajstić information content (AvgIpc) is 3.54. The number of thioether (sulfide) groups is 1. The molecule has 1 saturated heterocycles. The van der Waals surface area contributed by atoms with E-state index in [1.165, 1.54) is 5.56 Å². The van der Waals surface area contributed by atoms with Crippen molar-refractivity contribution in [3.8, 4) is 22.5 Å². The van der Waals surface area contributed by atoms with Gasteiger partial charge < -0.3 is 13.8 Å². The Morgan fingerprint density at radius 2 is 1.72 bits per heavy atom. The minimum absolute atomic E-state index is 0.216. The van der Waals surface area contributed by atoms with Crippen LogP contribution >= 0.6 is 11.8 Å². The number of aromatic nitrogens is 3. The third-order valence-electron chi connectivity index (χ3n) is 5.96. The molecule has 32 heavy (non-hydrogen) atoms. The number of hydrogen-bond acceptors (Lipinski definition) is 5. The van der Waals surface area contributed by atoms with Gasteiger partial charge >= 0.3 is 0 Å². The molecule has 4 aromatic rings. The Hall–Kier alpha value is -2.83. The van der Waals surface area contributed by atoms with Gasteiger partial charge in [-0.05, 0) is 26.7 Å². The van der Waals surface area contributed by atoms with Gasteiger partial charge in [-0.15, -0.1) is 0 Å². The van der Waals surface area contributed by atoms with Crippen LogP contribution in [-0.4, -0.2) is 27.4 Å². The molecule has 164 valence electrons. The predicted molar refractivity (Wildman–Crippen MR) is 128 cm³/mol. The highest BCUT2D eigenvalue weighted by atomic mass is 32.2. The Morgan fingerprint density at radius 3 is 2.34 bits per heavy atom. The second-order valence-electron chi connectivity index (χ2n) is 8.16. The molecule has 1 aliphatic rings. The summed E-state index contributed by atoms with van der Waals surface area (Å²) in [6.07, 6.45) is 2.42. The van der Waals surface area contributed by atoms with E-state index in [1.807, 2.05) is 19.9 Å². The Bertz CT molecular complexity index is 1160. The van der Waals surface area contributed by atoms with Crippen LogP contribution in [0.4, 0.5) is 0 Å². The van der Waals surface area contributed by atoms with Gasteiger partial charge in [0.25, 0.3) is 0 Å². The molecule has 1 fully saturated rings. The van der Waals surface area contributed by atoms with Crippen molar-refractivity contribution in [1.29, 1.82) is 0 Å². The van der Waals surface area contributed by atoms with Gasteiger partial charge in [0.15, 0.2) is 5.16 Å². The number of rotatable bonds is 7. The lowest BCUT2D eigenvalue weighted by Crippen LogP contribution is -2.16. The molecule has 0 saturated carbocycles. The lowest BCUT2D eigenvalue weighted by molar-refractivity contribution is 0.0954. The summed E-state index contributed by atoms with van der Waals surface area (Å²) in [6, 6.07) is 21.0. The van der Waals surface area contributed by atoms with Crippen LogP contribution in [0.3, 0.4) is 0 Å². The van der Waals surface area contributed by atoms with Gasteiger partial charge in [-0.2, -0.15) is 0 Å². The van der Waals surface area contributed by atoms with Gasteiger partial charge in [0, 0.05) is 29.1 Å². The van der Waals surface area contributed by atoms with E-state index in [-0.39, 0.29) is 6.10 Å². The topological polar surface area (TPSA) is 53.1 Å². The first-order valence-electron chi connectivity index (χ1n) is 11.1. The number of aryl methyl sites for hydroxylation is 2. The molecule has 0 aliphatic carbocycles. The highest BCUT2D eigenvalue weighted by Gasteiger charge is 2.25. The van der Waals surface area contributed by atoms with Gasteiger partial charge in [0.05, 0.1) is 29.7 Å². The SMILES string of the molecule is Cc1noc(C)c1CSc1nc(-c2ccccc2)c(-c2ccccc2)n1CC1CCCO1. The second-order valence-corrected chi connectivity index (χ2v) is 9.10. The van der Waals surface area contributed by atoms with Crippen LogP contribution in [-0.2, 0) is 17.0 Å². The van der Waals surface area contributed by atoms with E-state index >= 15 is 0 Å². The summed E-state index contributed by atoms with van der Waals surface area (Å²) < 4.78 is 13.8. The van der Waals surface area contributed by atoms with Crippen molar-refractivity contribution in [1.82, 2.24) is 14.7 Å². The molecular formula is C26H27N3O2S. The fourth-order valence-electron chi connectivity index (χ4n) is 4.23. The van der Waals surface area contributed by atoms with Gasteiger partial charge in [0.2, 0.25) is 0 Å². The first-order chi connectivity index (χ1) is 15.7. The van der Waals surface area contributed by atoms with Crippen LogP contribution in [0.5, 0.6) is 0 Å². The first-order valence-corrected chi connectivity index (χ1v) is 12.1. The Morgan fingerprint density at radius 1 is 1.00 bits per heavy atom. The Balaban J connectivity index is 1.61. The first kappa shape index (κ1) is 21.0. The molecule has 1 unspecified atom stereocenters. The molecule has 0 N–H and O–H groups in total. The molecule has 1 atom stereocenters. The van der Waals surface area contributed by atoms with Crippen molar-refractivity contribution in [3.05, 3.63) is 77.7 Å². The number of imidazole rings is 1. The summed E-state index contributed by atoms with van der Waals surface area (Å²) in [5.74, 6) is 1.64. The molecule has 2 aromatic heterocycles. The van der Waals surface area contributed by atoms with Crippen molar-refractivity contribution in [3.63, 3.8) is 0 Å². The number of hydrogen-bond donors (Lipinski definition) is 0. The van der Waals surface area contributed by atoms with Crippen LogP contribution in [0.2, 0.25) is 0 Å². The Labute approximate surface area is 192 Å². The lowest BCUT2D eigenvalue weighted by atomic mass is 10.0. The van der Waals surface area contributed by atoms with Crippen molar-refractivity contribution in [2.75, 3.05) is 6.61 Å². The summed E-state index contributed by atoms with van der Waals surface area (Å²) >= 11 is 1.74. The number of ether oxygens (including phenoxy) is 1. The van der Waals surface area contributed by atoms with E-state index in [4.69, 9.17) is 14.2 Å². The maximum Gasteiger partial charge on any atom is 0.169 e. The normalized spacial score (nSPS) is 16.0. The quantitative estimate of drug-likeness (QED) is 0.313. The minimum Gasteiger partial charge on any atom is -0.376 e.